The maximum Gasteiger partial charge on any atom is 0.164 e. The normalized spacial score (nSPS) is 21.7. The second-order valence-corrected chi connectivity index (χ2v) is 8.54. The molecule has 2 aromatic heterocycles. The molecule has 0 bridgehead atoms. The number of fused-ring (bicyclic) bond motifs is 1. The van der Waals surface area contributed by atoms with Gasteiger partial charge in [0.15, 0.2) is 5.65 Å². The van der Waals surface area contributed by atoms with E-state index < -0.39 is 0 Å². The Labute approximate surface area is 188 Å². The Balaban J connectivity index is 1.63. The molecule has 1 aromatic carbocycles. The van der Waals surface area contributed by atoms with Gasteiger partial charge in [-0.2, -0.15) is 0 Å². The van der Waals surface area contributed by atoms with Crippen LogP contribution in [0.25, 0.3) is 22.3 Å². The van der Waals surface area contributed by atoms with E-state index in [0.717, 1.165) is 53.2 Å². The molecule has 2 aliphatic heterocycles. The summed E-state index contributed by atoms with van der Waals surface area (Å²) in [5, 5.41) is 1.04. The molecule has 2 unspecified atom stereocenters. The van der Waals surface area contributed by atoms with Gasteiger partial charge in [0.25, 0.3) is 0 Å². The number of aromatic nitrogens is 2. The third-order valence-corrected chi connectivity index (χ3v) is 6.32. The Morgan fingerprint density at radius 2 is 1.59 bits per heavy atom. The van der Waals surface area contributed by atoms with Gasteiger partial charge in [-0.15, -0.1) is 0 Å². The third-order valence-electron chi connectivity index (χ3n) is 6.32. The Hall–Kier alpha value is -3.03. The fourth-order valence-electron chi connectivity index (χ4n) is 4.50. The second kappa shape index (κ2) is 8.84. The number of hydrogen-bond donors (Lipinski definition) is 0. The second-order valence-electron chi connectivity index (χ2n) is 8.54. The van der Waals surface area contributed by atoms with E-state index in [4.69, 9.17) is 19.4 Å². The van der Waals surface area contributed by atoms with Crippen LogP contribution in [0, 0.1) is 0 Å². The molecule has 0 aliphatic carbocycles. The molecule has 2 fully saturated rings. The van der Waals surface area contributed by atoms with Crippen LogP contribution in [-0.2, 0) is 9.47 Å². The molecule has 166 valence electrons. The number of ether oxygens (including phenoxy) is 2. The van der Waals surface area contributed by atoms with E-state index in [1.165, 1.54) is 0 Å². The highest BCUT2D eigenvalue weighted by molar-refractivity contribution is 5.93. The number of aldehydes is 1. The Morgan fingerprint density at radius 1 is 0.906 bits per heavy atom. The molecule has 0 spiro atoms. The number of hydrogen-bond acceptors (Lipinski definition) is 7. The number of pyridine rings is 2. The van der Waals surface area contributed by atoms with E-state index >= 15 is 0 Å². The maximum atomic E-state index is 11.0. The third kappa shape index (κ3) is 3.94. The first kappa shape index (κ1) is 20.8. The van der Waals surface area contributed by atoms with Crippen molar-refractivity contribution in [2.45, 2.75) is 25.9 Å². The molecule has 0 radical (unpaired) electrons. The minimum absolute atomic E-state index is 0.253. The lowest BCUT2D eigenvalue weighted by atomic mass is 10.1. The number of morpholine rings is 2. The maximum absolute atomic E-state index is 11.0. The molecule has 7 heteroatoms. The quantitative estimate of drug-likeness (QED) is 0.584. The largest absolute Gasteiger partial charge is 0.377 e. The van der Waals surface area contributed by atoms with Crippen LogP contribution in [0.5, 0.6) is 0 Å². The number of benzene rings is 1. The van der Waals surface area contributed by atoms with Gasteiger partial charge in [0.2, 0.25) is 0 Å². The highest BCUT2D eigenvalue weighted by Crippen LogP contribution is 2.34. The van der Waals surface area contributed by atoms with Gasteiger partial charge in [0, 0.05) is 41.7 Å². The van der Waals surface area contributed by atoms with E-state index in [9.17, 15) is 4.79 Å². The molecular formula is C25H28N4O3. The van der Waals surface area contributed by atoms with E-state index in [-0.39, 0.29) is 12.1 Å². The van der Waals surface area contributed by atoms with Gasteiger partial charge in [-0.3, -0.25) is 4.79 Å². The number of anilines is 2. The minimum Gasteiger partial charge on any atom is -0.377 e. The number of nitrogens with zero attached hydrogens (tertiary/aromatic N) is 4. The summed E-state index contributed by atoms with van der Waals surface area (Å²) < 4.78 is 11.3. The van der Waals surface area contributed by atoms with Crippen molar-refractivity contribution in [1.29, 1.82) is 0 Å². The summed E-state index contributed by atoms with van der Waals surface area (Å²) >= 11 is 0. The molecule has 0 N–H and O–H groups in total. The summed E-state index contributed by atoms with van der Waals surface area (Å²) in [7, 11) is 0. The number of carbonyl (C=O) groups is 1. The molecular weight excluding hydrogens is 404 g/mol. The van der Waals surface area contributed by atoms with Gasteiger partial charge in [0.1, 0.15) is 12.1 Å². The summed E-state index contributed by atoms with van der Waals surface area (Å²) in [4.78, 5) is 25.7. The van der Waals surface area contributed by atoms with Crippen LogP contribution >= 0.6 is 0 Å². The van der Waals surface area contributed by atoms with Crippen LogP contribution in [0.2, 0.25) is 0 Å². The fraction of sp³-hybridized carbons (Fsp3) is 0.400. The molecule has 2 aliphatic rings. The van der Waals surface area contributed by atoms with Gasteiger partial charge in [-0.1, -0.05) is 24.3 Å². The zero-order valence-electron chi connectivity index (χ0n) is 18.5. The van der Waals surface area contributed by atoms with Gasteiger partial charge >= 0.3 is 0 Å². The van der Waals surface area contributed by atoms with Crippen molar-refractivity contribution in [3.63, 3.8) is 0 Å². The number of rotatable bonds is 4. The van der Waals surface area contributed by atoms with Crippen LogP contribution in [-0.4, -0.2) is 67.9 Å². The predicted octanol–water partition coefficient (Wildman–Crippen LogP) is 3.56. The zero-order chi connectivity index (χ0) is 22.1. The Bertz CT molecular complexity index is 1120. The standard InChI is InChI=1S/C25H28N4O3/c1-17-15-31-11-9-28(17)23-13-24(29-10-12-32-16-18(29)2)27-25-21(23)7-8-22(26-25)20-5-3-19(14-30)4-6-20/h3-8,13-14,17-18H,9-12,15-16H2,1-2H3. The summed E-state index contributed by atoms with van der Waals surface area (Å²) in [6, 6.07) is 14.4. The summed E-state index contributed by atoms with van der Waals surface area (Å²) in [6.45, 7) is 8.83. The first-order valence-electron chi connectivity index (χ1n) is 11.2. The van der Waals surface area contributed by atoms with Crippen molar-refractivity contribution in [2.75, 3.05) is 49.3 Å². The van der Waals surface area contributed by atoms with Crippen molar-refractivity contribution in [3.8, 4) is 11.3 Å². The lowest BCUT2D eigenvalue weighted by Gasteiger charge is -2.38. The molecule has 2 atom stereocenters. The highest BCUT2D eigenvalue weighted by Gasteiger charge is 2.26. The van der Waals surface area contributed by atoms with E-state index in [1.807, 2.05) is 30.3 Å². The van der Waals surface area contributed by atoms with E-state index in [0.29, 0.717) is 32.0 Å². The lowest BCUT2D eigenvalue weighted by Crippen LogP contribution is -2.45. The van der Waals surface area contributed by atoms with Crippen LogP contribution in [0.4, 0.5) is 11.5 Å². The molecule has 0 saturated carbocycles. The van der Waals surface area contributed by atoms with Crippen LogP contribution in [0.1, 0.15) is 24.2 Å². The first-order chi connectivity index (χ1) is 15.6. The lowest BCUT2D eigenvalue weighted by molar-refractivity contribution is 0.0981. The molecule has 3 aromatic rings. The van der Waals surface area contributed by atoms with Crippen molar-refractivity contribution in [1.82, 2.24) is 9.97 Å². The smallest absolute Gasteiger partial charge is 0.164 e. The van der Waals surface area contributed by atoms with Gasteiger partial charge < -0.3 is 19.3 Å². The van der Waals surface area contributed by atoms with E-state index in [1.54, 1.807) is 0 Å². The first-order valence-corrected chi connectivity index (χ1v) is 11.2. The molecule has 2 saturated heterocycles. The molecule has 7 nitrogen and oxygen atoms in total. The zero-order valence-corrected chi connectivity index (χ0v) is 18.5. The minimum atomic E-state index is 0.253. The molecule has 5 rings (SSSR count). The average Bonchev–Trinajstić information content (AvgIpc) is 2.84. The topological polar surface area (TPSA) is 67.8 Å². The van der Waals surface area contributed by atoms with Crippen LogP contribution in [0.3, 0.4) is 0 Å². The van der Waals surface area contributed by atoms with Crippen LogP contribution in [0.15, 0.2) is 42.5 Å². The monoisotopic (exact) mass is 432 g/mol. The Morgan fingerprint density at radius 3 is 2.25 bits per heavy atom. The van der Waals surface area contributed by atoms with Crippen molar-refractivity contribution in [2.24, 2.45) is 0 Å². The summed E-state index contributed by atoms with van der Waals surface area (Å²) in [5.41, 5.74) is 4.34. The van der Waals surface area contributed by atoms with Crippen molar-refractivity contribution >= 4 is 28.8 Å². The van der Waals surface area contributed by atoms with Crippen LogP contribution < -0.4 is 9.80 Å². The SMILES string of the molecule is CC1COCCN1c1cc(N2CCOCC2C)c2ccc(-c3ccc(C=O)cc3)nc2n1. The fourth-order valence-corrected chi connectivity index (χ4v) is 4.50. The molecule has 4 heterocycles. The summed E-state index contributed by atoms with van der Waals surface area (Å²) in [6.07, 6.45) is 0.852. The van der Waals surface area contributed by atoms with Crippen molar-refractivity contribution in [3.05, 3.63) is 48.0 Å². The predicted molar refractivity (Wildman–Crippen MR) is 126 cm³/mol. The highest BCUT2D eigenvalue weighted by atomic mass is 16.5. The van der Waals surface area contributed by atoms with Crippen molar-refractivity contribution < 1.29 is 14.3 Å². The van der Waals surface area contributed by atoms with Gasteiger partial charge in [0.05, 0.1) is 43.9 Å². The number of carbonyl (C=O) groups excluding carboxylic acids is 1. The molecule has 0 amide bonds. The Kier molecular flexibility index (Phi) is 5.76. The average molecular weight is 433 g/mol. The van der Waals surface area contributed by atoms with E-state index in [2.05, 4.69) is 35.8 Å². The van der Waals surface area contributed by atoms with Gasteiger partial charge in [-0.25, -0.2) is 9.97 Å². The van der Waals surface area contributed by atoms with Gasteiger partial charge in [-0.05, 0) is 26.0 Å². The molecule has 32 heavy (non-hydrogen) atoms. The summed E-state index contributed by atoms with van der Waals surface area (Å²) in [5.74, 6) is 0.933.